The maximum atomic E-state index is 4.75. The number of rotatable bonds is 4. The molecule has 0 fully saturated rings. The summed E-state index contributed by atoms with van der Waals surface area (Å²) in [6.45, 7) is 2.09. The van der Waals surface area contributed by atoms with E-state index in [2.05, 4.69) is 59.9 Å². The van der Waals surface area contributed by atoms with Crippen LogP contribution >= 0.6 is 11.8 Å². The summed E-state index contributed by atoms with van der Waals surface area (Å²) in [6.07, 6.45) is 5.82. The van der Waals surface area contributed by atoms with Gasteiger partial charge in [-0.3, -0.25) is 4.40 Å². The number of nitrogens with one attached hydrogen (secondary N) is 1. The smallest absolute Gasteiger partial charge is 0.235 e. The molecule has 0 saturated carbocycles. The van der Waals surface area contributed by atoms with Gasteiger partial charge in [0.05, 0.1) is 0 Å². The molecule has 4 nitrogen and oxygen atoms in total. The van der Waals surface area contributed by atoms with Gasteiger partial charge in [-0.15, -0.1) is 11.8 Å². The molecule has 0 aliphatic heterocycles. The summed E-state index contributed by atoms with van der Waals surface area (Å²) >= 11 is 1.73. The highest BCUT2D eigenvalue weighted by Gasteiger charge is 2.15. The summed E-state index contributed by atoms with van der Waals surface area (Å²) in [5.74, 6) is 1.61. The SMILES string of the molecule is CSc1ccc(-c2nc3ncccn3c2Nc2ccccc2C)cc1. The van der Waals surface area contributed by atoms with E-state index < -0.39 is 0 Å². The van der Waals surface area contributed by atoms with Crippen molar-refractivity contribution in [1.82, 2.24) is 14.4 Å². The van der Waals surface area contributed by atoms with E-state index in [1.165, 1.54) is 10.5 Å². The number of imidazole rings is 1. The third-order valence-corrected chi connectivity index (χ3v) is 4.91. The fourth-order valence-electron chi connectivity index (χ4n) is 2.80. The molecule has 0 unspecified atom stereocenters. The molecule has 5 heteroatoms. The molecule has 2 heterocycles. The van der Waals surface area contributed by atoms with Gasteiger partial charge in [0.15, 0.2) is 0 Å². The molecule has 0 aliphatic rings. The van der Waals surface area contributed by atoms with Crippen LogP contribution in [0.5, 0.6) is 0 Å². The molecule has 1 N–H and O–H groups in total. The summed E-state index contributed by atoms with van der Waals surface area (Å²) in [7, 11) is 0. The predicted octanol–water partition coefficient (Wildman–Crippen LogP) is 5.17. The zero-order valence-corrected chi connectivity index (χ0v) is 14.9. The van der Waals surface area contributed by atoms with Gasteiger partial charge >= 0.3 is 0 Å². The van der Waals surface area contributed by atoms with Crippen LogP contribution in [0.3, 0.4) is 0 Å². The van der Waals surface area contributed by atoms with Crippen LogP contribution in [-0.2, 0) is 0 Å². The van der Waals surface area contributed by atoms with E-state index >= 15 is 0 Å². The van der Waals surface area contributed by atoms with Gasteiger partial charge in [0.1, 0.15) is 11.5 Å². The number of hydrogen-bond donors (Lipinski definition) is 1. The molecule has 124 valence electrons. The Morgan fingerprint density at radius 3 is 2.56 bits per heavy atom. The topological polar surface area (TPSA) is 42.2 Å². The first-order valence-electron chi connectivity index (χ1n) is 8.06. The number of aryl methyl sites for hydroxylation is 1. The van der Waals surface area contributed by atoms with Gasteiger partial charge in [-0.2, -0.15) is 0 Å². The van der Waals surface area contributed by atoms with Crippen LogP contribution in [-0.4, -0.2) is 20.6 Å². The monoisotopic (exact) mass is 346 g/mol. The summed E-state index contributed by atoms with van der Waals surface area (Å²) in [5.41, 5.74) is 4.22. The van der Waals surface area contributed by atoms with Crippen molar-refractivity contribution in [1.29, 1.82) is 0 Å². The zero-order valence-electron chi connectivity index (χ0n) is 14.1. The van der Waals surface area contributed by atoms with Crippen molar-refractivity contribution in [3.63, 3.8) is 0 Å². The zero-order chi connectivity index (χ0) is 17.2. The highest BCUT2D eigenvalue weighted by molar-refractivity contribution is 7.98. The van der Waals surface area contributed by atoms with Gasteiger partial charge < -0.3 is 5.32 Å². The van der Waals surface area contributed by atoms with E-state index in [0.29, 0.717) is 5.78 Å². The van der Waals surface area contributed by atoms with Crippen molar-refractivity contribution in [2.75, 3.05) is 11.6 Å². The van der Waals surface area contributed by atoms with Gasteiger partial charge in [-0.05, 0) is 43.0 Å². The summed E-state index contributed by atoms with van der Waals surface area (Å²) in [5, 5.41) is 3.55. The van der Waals surface area contributed by atoms with Crippen molar-refractivity contribution >= 4 is 29.0 Å². The summed E-state index contributed by atoms with van der Waals surface area (Å²) in [4.78, 5) is 10.4. The molecule has 4 aromatic rings. The quantitative estimate of drug-likeness (QED) is 0.518. The fourth-order valence-corrected chi connectivity index (χ4v) is 3.21. The summed E-state index contributed by atoms with van der Waals surface area (Å²) < 4.78 is 1.99. The molecule has 4 rings (SSSR count). The van der Waals surface area contributed by atoms with E-state index in [9.17, 15) is 0 Å². The molecule has 25 heavy (non-hydrogen) atoms. The maximum absolute atomic E-state index is 4.75. The number of nitrogens with zero attached hydrogens (tertiary/aromatic N) is 3. The molecular formula is C20H18N4S. The lowest BCUT2D eigenvalue weighted by atomic mass is 10.1. The molecule has 0 spiro atoms. The van der Waals surface area contributed by atoms with Crippen molar-refractivity contribution in [3.05, 3.63) is 72.6 Å². The van der Waals surface area contributed by atoms with Gasteiger partial charge in [0.2, 0.25) is 5.78 Å². The van der Waals surface area contributed by atoms with Crippen molar-refractivity contribution in [2.24, 2.45) is 0 Å². The van der Waals surface area contributed by atoms with E-state index in [4.69, 9.17) is 4.98 Å². The lowest BCUT2D eigenvalue weighted by Gasteiger charge is -2.11. The van der Waals surface area contributed by atoms with Crippen LogP contribution in [0.1, 0.15) is 5.56 Å². The first-order chi connectivity index (χ1) is 12.3. The van der Waals surface area contributed by atoms with Crippen LogP contribution in [0.15, 0.2) is 71.9 Å². The normalized spacial score (nSPS) is 11.0. The Labute approximate surface area is 151 Å². The van der Waals surface area contributed by atoms with Crippen molar-refractivity contribution < 1.29 is 0 Å². The fraction of sp³-hybridized carbons (Fsp3) is 0.100. The lowest BCUT2D eigenvalue weighted by molar-refractivity contribution is 1.11. The third kappa shape index (κ3) is 2.98. The third-order valence-electron chi connectivity index (χ3n) is 4.17. The van der Waals surface area contributed by atoms with Crippen LogP contribution < -0.4 is 5.32 Å². The summed E-state index contributed by atoms with van der Waals surface area (Å²) in [6, 6.07) is 18.6. The van der Waals surface area contributed by atoms with E-state index in [-0.39, 0.29) is 0 Å². The average molecular weight is 346 g/mol. The highest BCUT2D eigenvalue weighted by Crippen LogP contribution is 2.32. The molecule has 2 aromatic carbocycles. The Morgan fingerprint density at radius 1 is 1.00 bits per heavy atom. The first-order valence-corrected chi connectivity index (χ1v) is 9.29. The second-order valence-electron chi connectivity index (χ2n) is 5.77. The van der Waals surface area contributed by atoms with Crippen molar-refractivity contribution in [3.8, 4) is 11.3 Å². The molecule has 0 amide bonds. The minimum atomic E-state index is 0.683. The second kappa shape index (κ2) is 6.61. The lowest BCUT2D eigenvalue weighted by Crippen LogP contribution is -1.98. The number of aromatic nitrogens is 3. The van der Waals surface area contributed by atoms with Crippen LogP contribution in [0, 0.1) is 6.92 Å². The second-order valence-corrected chi connectivity index (χ2v) is 6.65. The number of thioether (sulfide) groups is 1. The Morgan fingerprint density at radius 2 is 1.80 bits per heavy atom. The standard InChI is InChI=1S/C20H18N4S/c1-14-6-3-4-7-17(14)22-19-18(15-8-10-16(25-2)11-9-15)23-20-21-12-5-13-24(19)20/h3-13,22H,1-2H3. The molecule has 0 radical (unpaired) electrons. The van der Waals surface area contributed by atoms with Crippen LogP contribution in [0.4, 0.5) is 11.5 Å². The minimum absolute atomic E-state index is 0.683. The molecule has 0 bridgehead atoms. The van der Waals surface area contributed by atoms with Crippen LogP contribution in [0.25, 0.3) is 17.0 Å². The molecule has 0 aliphatic carbocycles. The Bertz CT molecular complexity index is 1020. The van der Waals surface area contributed by atoms with Gasteiger partial charge in [-0.25, -0.2) is 9.97 Å². The average Bonchev–Trinajstić information content (AvgIpc) is 3.02. The number of fused-ring (bicyclic) bond motifs is 1. The van der Waals surface area contributed by atoms with Gasteiger partial charge in [-0.1, -0.05) is 30.3 Å². The van der Waals surface area contributed by atoms with E-state index in [0.717, 1.165) is 22.8 Å². The number of benzene rings is 2. The molecule has 2 aromatic heterocycles. The molecular weight excluding hydrogens is 328 g/mol. The van der Waals surface area contributed by atoms with Gasteiger partial charge in [0.25, 0.3) is 0 Å². The maximum Gasteiger partial charge on any atom is 0.235 e. The Hall–Kier alpha value is -2.79. The minimum Gasteiger partial charge on any atom is -0.339 e. The van der Waals surface area contributed by atoms with Gasteiger partial charge in [0, 0.05) is 28.5 Å². The highest BCUT2D eigenvalue weighted by atomic mass is 32.2. The number of anilines is 2. The van der Waals surface area contributed by atoms with Crippen molar-refractivity contribution in [2.45, 2.75) is 11.8 Å². The predicted molar refractivity (Wildman–Crippen MR) is 105 cm³/mol. The van der Waals surface area contributed by atoms with Crippen LogP contribution in [0.2, 0.25) is 0 Å². The first kappa shape index (κ1) is 15.7. The number of para-hydroxylation sites is 1. The Kier molecular flexibility index (Phi) is 4.15. The Balaban J connectivity index is 1.87. The molecule has 0 saturated heterocycles. The van der Waals surface area contributed by atoms with E-state index in [1.54, 1.807) is 18.0 Å². The van der Waals surface area contributed by atoms with E-state index in [1.807, 2.05) is 28.8 Å². The largest absolute Gasteiger partial charge is 0.339 e. The molecule has 0 atom stereocenters. The number of hydrogen-bond acceptors (Lipinski definition) is 4.